The molecule has 0 aromatic heterocycles. The van der Waals surface area contributed by atoms with Crippen molar-refractivity contribution in [2.75, 3.05) is 20.3 Å². The van der Waals surface area contributed by atoms with E-state index in [1.807, 2.05) is 62.4 Å². The molecule has 2 unspecified atom stereocenters. The summed E-state index contributed by atoms with van der Waals surface area (Å²) in [6, 6.07) is 15.5. The normalized spacial score (nSPS) is 19.9. The topological polar surface area (TPSA) is 73.9 Å². The number of allylic oxidation sites excluding steroid dienone is 3. The van der Waals surface area contributed by atoms with Gasteiger partial charge < -0.3 is 19.5 Å². The van der Waals surface area contributed by atoms with Crippen LogP contribution in [0.1, 0.15) is 56.6 Å². The number of ether oxygens (including phenoxy) is 3. The molecule has 34 heavy (non-hydrogen) atoms. The van der Waals surface area contributed by atoms with Crippen molar-refractivity contribution in [2.45, 2.75) is 45.4 Å². The molecule has 0 saturated heterocycles. The highest BCUT2D eigenvalue weighted by Gasteiger charge is 2.42. The fraction of sp³-hybridized carbons (Fsp3) is 0.357. The maximum absolute atomic E-state index is 13.7. The van der Waals surface area contributed by atoms with Crippen molar-refractivity contribution in [3.05, 3.63) is 82.2 Å². The van der Waals surface area contributed by atoms with Crippen molar-refractivity contribution in [3.8, 4) is 11.5 Å². The van der Waals surface area contributed by atoms with Crippen LogP contribution in [0.25, 0.3) is 0 Å². The predicted molar refractivity (Wildman–Crippen MR) is 130 cm³/mol. The number of rotatable bonds is 7. The quantitative estimate of drug-likeness (QED) is 0.584. The summed E-state index contributed by atoms with van der Waals surface area (Å²) >= 11 is 0. The summed E-state index contributed by atoms with van der Waals surface area (Å²) in [6.07, 6.45) is 1.02. The summed E-state index contributed by atoms with van der Waals surface area (Å²) in [5.41, 5.74) is 4.50. The van der Waals surface area contributed by atoms with Gasteiger partial charge in [0.15, 0.2) is 5.78 Å². The SMILES string of the molecule is CCOC(=O)C1=C(C)NC2=C(C(=O)CC(c3cccc(OC)c3)C2)C1c1ccccc1OCC. The number of carbonyl (C=O) groups is 2. The number of Topliss-reactive ketones (excluding diaryl/α,β-unsaturated/α-hetero) is 1. The molecule has 1 heterocycles. The molecule has 2 aromatic carbocycles. The van der Waals surface area contributed by atoms with Crippen LogP contribution in [-0.4, -0.2) is 32.1 Å². The molecule has 0 saturated carbocycles. The van der Waals surface area contributed by atoms with Crippen LogP contribution in [0.2, 0.25) is 0 Å². The van der Waals surface area contributed by atoms with E-state index < -0.39 is 11.9 Å². The number of ketones is 1. The number of benzene rings is 2. The average Bonchev–Trinajstić information content (AvgIpc) is 2.83. The highest BCUT2D eigenvalue weighted by atomic mass is 16.5. The van der Waals surface area contributed by atoms with Gasteiger partial charge in [0.2, 0.25) is 0 Å². The molecular formula is C28H31NO5. The van der Waals surface area contributed by atoms with Gasteiger partial charge in [0.25, 0.3) is 0 Å². The third kappa shape index (κ3) is 4.45. The van der Waals surface area contributed by atoms with Gasteiger partial charge in [-0.05, 0) is 56.9 Å². The van der Waals surface area contributed by atoms with E-state index in [4.69, 9.17) is 14.2 Å². The zero-order chi connectivity index (χ0) is 24.2. The molecule has 1 N–H and O–H groups in total. The van der Waals surface area contributed by atoms with Gasteiger partial charge in [0.1, 0.15) is 11.5 Å². The highest BCUT2D eigenvalue weighted by molar-refractivity contribution is 6.04. The van der Waals surface area contributed by atoms with Crippen LogP contribution in [0.15, 0.2) is 71.1 Å². The monoisotopic (exact) mass is 461 g/mol. The number of methoxy groups -OCH3 is 1. The molecule has 0 radical (unpaired) electrons. The molecule has 0 bridgehead atoms. The first-order chi connectivity index (χ1) is 16.5. The minimum atomic E-state index is -0.545. The first-order valence-corrected chi connectivity index (χ1v) is 11.7. The second-order valence-corrected chi connectivity index (χ2v) is 8.49. The van der Waals surface area contributed by atoms with E-state index in [1.165, 1.54) is 0 Å². The first-order valence-electron chi connectivity index (χ1n) is 11.7. The third-order valence-electron chi connectivity index (χ3n) is 6.42. The fourth-order valence-electron chi connectivity index (χ4n) is 4.97. The van der Waals surface area contributed by atoms with E-state index in [2.05, 4.69) is 5.32 Å². The smallest absolute Gasteiger partial charge is 0.336 e. The number of hydrogen-bond donors (Lipinski definition) is 1. The molecule has 2 atom stereocenters. The van der Waals surface area contributed by atoms with Crippen LogP contribution in [-0.2, 0) is 14.3 Å². The van der Waals surface area contributed by atoms with Crippen LogP contribution in [0.4, 0.5) is 0 Å². The Bertz CT molecular complexity index is 1160. The van der Waals surface area contributed by atoms with Gasteiger partial charge >= 0.3 is 5.97 Å². The Balaban J connectivity index is 1.82. The molecule has 0 amide bonds. The van der Waals surface area contributed by atoms with E-state index in [0.29, 0.717) is 42.0 Å². The van der Waals surface area contributed by atoms with Crippen molar-refractivity contribution in [3.63, 3.8) is 0 Å². The molecule has 1 aliphatic carbocycles. The van der Waals surface area contributed by atoms with Gasteiger partial charge in [0.05, 0.1) is 31.8 Å². The summed E-state index contributed by atoms with van der Waals surface area (Å²) < 4.78 is 16.7. The van der Waals surface area contributed by atoms with Crippen molar-refractivity contribution < 1.29 is 23.8 Å². The van der Waals surface area contributed by atoms with Crippen LogP contribution >= 0.6 is 0 Å². The fourth-order valence-corrected chi connectivity index (χ4v) is 4.97. The number of dihydropyridines is 1. The molecule has 178 valence electrons. The summed E-state index contributed by atoms with van der Waals surface area (Å²) in [7, 11) is 1.64. The molecule has 4 rings (SSSR count). The van der Waals surface area contributed by atoms with Crippen molar-refractivity contribution >= 4 is 11.8 Å². The van der Waals surface area contributed by atoms with Gasteiger partial charge in [0, 0.05) is 29.0 Å². The van der Waals surface area contributed by atoms with Crippen LogP contribution in [0, 0.1) is 0 Å². The summed E-state index contributed by atoms with van der Waals surface area (Å²) in [5.74, 6) is 0.516. The maximum atomic E-state index is 13.7. The van der Waals surface area contributed by atoms with Gasteiger partial charge in [-0.15, -0.1) is 0 Å². The van der Waals surface area contributed by atoms with Crippen molar-refractivity contribution in [2.24, 2.45) is 0 Å². The highest BCUT2D eigenvalue weighted by Crippen LogP contribution is 2.47. The number of para-hydroxylation sites is 1. The Kier molecular flexibility index (Phi) is 7.06. The van der Waals surface area contributed by atoms with E-state index >= 15 is 0 Å². The van der Waals surface area contributed by atoms with Crippen LogP contribution in [0.3, 0.4) is 0 Å². The maximum Gasteiger partial charge on any atom is 0.336 e. The van der Waals surface area contributed by atoms with Gasteiger partial charge in [-0.25, -0.2) is 4.79 Å². The van der Waals surface area contributed by atoms with Gasteiger partial charge in [-0.3, -0.25) is 4.79 Å². The minimum absolute atomic E-state index is 0.0205. The standard InChI is InChI=1S/C28H31NO5/c1-5-33-24-13-8-7-12-21(24)26-25(28(31)34-6-2)17(3)29-22-15-19(16-23(30)27(22)26)18-10-9-11-20(14-18)32-4/h7-14,19,26,29H,5-6,15-16H2,1-4H3. The number of hydrogen-bond acceptors (Lipinski definition) is 6. The Morgan fingerprint density at radius 3 is 2.59 bits per heavy atom. The Hall–Kier alpha value is -3.54. The molecular weight excluding hydrogens is 430 g/mol. The largest absolute Gasteiger partial charge is 0.497 e. The average molecular weight is 462 g/mol. The second kappa shape index (κ2) is 10.2. The van der Waals surface area contributed by atoms with Crippen LogP contribution < -0.4 is 14.8 Å². The zero-order valence-corrected chi connectivity index (χ0v) is 20.1. The number of nitrogens with one attached hydrogen (secondary N) is 1. The molecule has 2 aliphatic rings. The lowest BCUT2D eigenvalue weighted by atomic mass is 9.71. The van der Waals surface area contributed by atoms with E-state index in [9.17, 15) is 9.59 Å². The Labute approximate surface area is 200 Å². The molecule has 2 aromatic rings. The lowest BCUT2D eigenvalue weighted by molar-refractivity contribution is -0.138. The first kappa shape index (κ1) is 23.6. The number of esters is 1. The molecule has 6 nitrogen and oxygen atoms in total. The second-order valence-electron chi connectivity index (χ2n) is 8.49. The molecule has 0 spiro atoms. The predicted octanol–water partition coefficient (Wildman–Crippen LogP) is 5.02. The van der Waals surface area contributed by atoms with Crippen molar-refractivity contribution in [1.82, 2.24) is 5.32 Å². The van der Waals surface area contributed by atoms with Crippen molar-refractivity contribution in [1.29, 1.82) is 0 Å². The summed E-state index contributed by atoms with van der Waals surface area (Å²) in [6.45, 7) is 6.31. The summed E-state index contributed by atoms with van der Waals surface area (Å²) in [4.78, 5) is 26.8. The van der Waals surface area contributed by atoms with Gasteiger partial charge in [-0.1, -0.05) is 30.3 Å². The molecule has 0 fully saturated rings. The lowest BCUT2D eigenvalue weighted by Crippen LogP contribution is -2.36. The van der Waals surface area contributed by atoms with E-state index in [-0.39, 0.29) is 18.3 Å². The van der Waals surface area contributed by atoms with E-state index in [0.717, 1.165) is 22.6 Å². The molecule has 1 aliphatic heterocycles. The van der Waals surface area contributed by atoms with Gasteiger partial charge in [-0.2, -0.15) is 0 Å². The molecule has 6 heteroatoms. The van der Waals surface area contributed by atoms with Crippen LogP contribution in [0.5, 0.6) is 11.5 Å². The Morgan fingerprint density at radius 2 is 1.85 bits per heavy atom. The number of carbonyl (C=O) groups excluding carboxylic acids is 2. The van der Waals surface area contributed by atoms with E-state index in [1.54, 1.807) is 14.0 Å². The lowest BCUT2D eigenvalue weighted by Gasteiger charge is -2.37. The summed E-state index contributed by atoms with van der Waals surface area (Å²) in [5, 5.41) is 3.38. The zero-order valence-electron chi connectivity index (χ0n) is 20.1. The Morgan fingerprint density at radius 1 is 1.06 bits per heavy atom. The third-order valence-corrected chi connectivity index (χ3v) is 6.42. The minimum Gasteiger partial charge on any atom is -0.497 e.